The second-order valence-corrected chi connectivity index (χ2v) is 10.5. The topological polar surface area (TPSA) is 134 Å². The van der Waals surface area contributed by atoms with Crippen molar-refractivity contribution in [1.82, 2.24) is 15.3 Å². The number of halogens is 3. The van der Waals surface area contributed by atoms with Crippen molar-refractivity contribution >= 4 is 40.9 Å². The summed E-state index contributed by atoms with van der Waals surface area (Å²) in [6.07, 6.45) is 3.91. The zero-order chi connectivity index (χ0) is 31.1. The zero-order valence-corrected chi connectivity index (χ0v) is 24.6. The van der Waals surface area contributed by atoms with Crippen LogP contribution in [0.3, 0.4) is 0 Å². The molecule has 1 aliphatic rings. The van der Waals surface area contributed by atoms with E-state index in [4.69, 9.17) is 21.1 Å². The normalized spacial score (nSPS) is 15.3. The van der Waals surface area contributed by atoms with Gasteiger partial charge in [0.15, 0.2) is 0 Å². The van der Waals surface area contributed by atoms with Crippen molar-refractivity contribution in [3.05, 3.63) is 76.2 Å². The lowest BCUT2D eigenvalue weighted by molar-refractivity contribution is -0.114. The number of carbonyl (C=O) groups is 3. The number of aryl methyl sites for hydroxylation is 1. The van der Waals surface area contributed by atoms with E-state index in [0.717, 1.165) is 18.6 Å². The lowest BCUT2D eigenvalue weighted by atomic mass is 10.1. The molecular formula is C30H32ClF2N5O5. The minimum Gasteiger partial charge on any atom is -0.449 e. The molecule has 2 heterocycles. The van der Waals surface area contributed by atoms with Crippen LogP contribution in [-0.4, -0.2) is 47.7 Å². The van der Waals surface area contributed by atoms with E-state index < -0.39 is 35.2 Å². The number of aromatic amines is 1. The van der Waals surface area contributed by atoms with Crippen molar-refractivity contribution in [2.75, 3.05) is 30.5 Å². The van der Waals surface area contributed by atoms with Gasteiger partial charge in [0.1, 0.15) is 33.9 Å². The summed E-state index contributed by atoms with van der Waals surface area (Å²) in [6, 6.07) is 6.05. The molecule has 0 spiro atoms. The van der Waals surface area contributed by atoms with Gasteiger partial charge in [0.25, 0.3) is 5.91 Å². The molecule has 0 radical (unpaired) electrons. The molecule has 4 N–H and O–H groups in total. The van der Waals surface area contributed by atoms with E-state index in [9.17, 15) is 23.2 Å². The summed E-state index contributed by atoms with van der Waals surface area (Å²) in [4.78, 5) is 44.8. The largest absolute Gasteiger partial charge is 0.449 e. The lowest BCUT2D eigenvalue weighted by Crippen LogP contribution is -2.30. The van der Waals surface area contributed by atoms with Crippen LogP contribution in [0.2, 0.25) is 5.15 Å². The van der Waals surface area contributed by atoms with Gasteiger partial charge in [0, 0.05) is 30.7 Å². The SMILES string of the molecule is CC=CCC(NC(=O)c1c(F)cc(C)cc1F)c1nc(-c2ccc(NC(=O)OCC3CCOC3)cc2NC(C)=O)c(Cl)[nH]1. The van der Waals surface area contributed by atoms with E-state index in [-0.39, 0.29) is 41.5 Å². The van der Waals surface area contributed by atoms with Gasteiger partial charge in [0.2, 0.25) is 5.91 Å². The second kappa shape index (κ2) is 14.3. The smallest absolute Gasteiger partial charge is 0.411 e. The number of amides is 3. The Kier molecular flexibility index (Phi) is 10.5. The molecule has 3 amide bonds. The number of nitrogens with one attached hydrogen (secondary N) is 4. The van der Waals surface area contributed by atoms with Crippen molar-refractivity contribution in [3.8, 4) is 11.3 Å². The summed E-state index contributed by atoms with van der Waals surface area (Å²) in [5.41, 5.74) is 0.936. The van der Waals surface area contributed by atoms with Crippen molar-refractivity contribution in [1.29, 1.82) is 0 Å². The van der Waals surface area contributed by atoms with Crippen LogP contribution in [0.5, 0.6) is 0 Å². The molecule has 228 valence electrons. The summed E-state index contributed by atoms with van der Waals surface area (Å²) >= 11 is 6.53. The average Bonchev–Trinajstić information content (AvgIpc) is 3.59. The van der Waals surface area contributed by atoms with Crippen molar-refractivity contribution < 1.29 is 32.6 Å². The van der Waals surface area contributed by atoms with Crippen LogP contribution in [0.1, 0.15) is 54.5 Å². The molecule has 3 aromatic rings. The van der Waals surface area contributed by atoms with Crippen molar-refractivity contribution in [3.63, 3.8) is 0 Å². The molecule has 2 unspecified atom stereocenters. The second-order valence-electron chi connectivity index (χ2n) is 10.1. The highest BCUT2D eigenvalue weighted by atomic mass is 35.5. The molecule has 43 heavy (non-hydrogen) atoms. The van der Waals surface area contributed by atoms with Gasteiger partial charge in [-0.3, -0.25) is 14.9 Å². The number of allylic oxidation sites excluding steroid dienone is 1. The maximum absolute atomic E-state index is 14.5. The number of H-pyrrole nitrogens is 1. The molecule has 4 rings (SSSR count). The Bertz CT molecular complexity index is 1510. The molecule has 13 heteroatoms. The van der Waals surface area contributed by atoms with E-state index in [2.05, 4.69) is 25.9 Å². The Morgan fingerprint density at radius 1 is 1.21 bits per heavy atom. The lowest BCUT2D eigenvalue weighted by Gasteiger charge is -2.16. The number of aromatic nitrogens is 2. The van der Waals surface area contributed by atoms with Gasteiger partial charge in [-0.1, -0.05) is 23.8 Å². The molecule has 10 nitrogen and oxygen atoms in total. The summed E-state index contributed by atoms with van der Waals surface area (Å²) in [5, 5.41) is 8.06. The maximum atomic E-state index is 14.5. The number of rotatable bonds is 10. The van der Waals surface area contributed by atoms with Gasteiger partial charge in [-0.2, -0.15) is 0 Å². The van der Waals surface area contributed by atoms with E-state index in [1.165, 1.54) is 19.9 Å². The molecule has 2 atom stereocenters. The number of nitrogens with zero attached hydrogens (tertiary/aromatic N) is 1. The summed E-state index contributed by atoms with van der Waals surface area (Å²) in [6.45, 7) is 6.03. The Labute approximate surface area is 252 Å². The molecular weight excluding hydrogens is 584 g/mol. The van der Waals surface area contributed by atoms with Crippen LogP contribution in [-0.2, 0) is 14.3 Å². The molecule has 0 aliphatic carbocycles. The van der Waals surface area contributed by atoms with Crippen LogP contribution < -0.4 is 16.0 Å². The van der Waals surface area contributed by atoms with Gasteiger partial charge in [-0.15, -0.1) is 0 Å². The predicted octanol–water partition coefficient (Wildman–Crippen LogP) is 6.30. The third-order valence-electron chi connectivity index (χ3n) is 6.64. The Balaban J connectivity index is 1.59. The monoisotopic (exact) mass is 615 g/mol. The van der Waals surface area contributed by atoms with E-state index in [1.54, 1.807) is 31.2 Å². The highest BCUT2D eigenvalue weighted by molar-refractivity contribution is 6.32. The minimum absolute atomic E-state index is 0.0907. The van der Waals surface area contributed by atoms with Gasteiger partial charge in [0.05, 0.1) is 24.9 Å². The van der Waals surface area contributed by atoms with Gasteiger partial charge in [-0.05, 0) is 62.6 Å². The number of anilines is 2. The molecule has 0 saturated carbocycles. The van der Waals surface area contributed by atoms with Crippen molar-refractivity contribution in [2.24, 2.45) is 5.92 Å². The van der Waals surface area contributed by atoms with Crippen LogP contribution in [0, 0.1) is 24.5 Å². The molecule has 1 fully saturated rings. The first-order valence-electron chi connectivity index (χ1n) is 13.6. The maximum Gasteiger partial charge on any atom is 0.411 e. The molecule has 2 aromatic carbocycles. The van der Waals surface area contributed by atoms with E-state index >= 15 is 0 Å². The van der Waals surface area contributed by atoms with Crippen molar-refractivity contribution in [2.45, 2.75) is 39.7 Å². The Morgan fingerprint density at radius 2 is 1.95 bits per heavy atom. The fraction of sp³-hybridized carbons (Fsp3) is 0.333. The van der Waals surface area contributed by atoms with Crippen LogP contribution in [0.25, 0.3) is 11.3 Å². The number of hydrogen-bond acceptors (Lipinski definition) is 6. The zero-order valence-electron chi connectivity index (χ0n) is 23.9. The number of hydrogen-bond donors (Lipinski definition) is 4. The third kappa shape index (κ3) is 8.17. The first kappa shape index (κ1) is 31.6. The molecule has 1 aliphatic heterocycles. The fourth-order valence-corrected chi connectivity index (χ4v) is 4.80. The number of benzene rings is 2. The van der Waals surface area contributed by atoms with E-state index in [1.807, 2.05) is 0 Å². The Hall–Kier alpha value is -4.29. The Morgan fingerprint density at radius 3 is 2.60 bits per heavy atom. The van der Waals surface area contributed by atoms with Crippen LogP contribution >= 0.6 is 11.6 Å². The average molecular weight is 616 g/mol. The van der Waals surface area contributed by atoms with Crippen LogP contribution in [0.4, 0.5) is 25.0 Å². The van der Waals surface area contributed by atoms with Crippen LogP contribution in [0.15, 0.2) is 42.5 Å². The van der Waals surface area contributed by atoms with Gasteiger partial charge < -0.3 is 25.1 Å². The van der Waals surface area contributed by atoms with Gasteiger partial charge >= 0.3 is 6.09 Å². The number of ether oxygens (including phenoxy) is 2. The highest BCUT2D eigenvalue weighted by Gasteiger charge is 2.25. The summed E-state index contributed by atoms with van der Waals surface area (Å²) in [5.74, 6) is -2.94. The standard InChI is InChI=1S/C30H32ClF2N5O5/c1-4-5-6-23(36-29(40)25-21(32)11-16(2)12-22(25)33)28-37-26(27(31)38-28)20-8-7-19(13-24(20)34-17(3)39)35-30(41)43-15-18-9-10-42-14-18/h4-5,7-8,11-13,18,23H,6,9-10,14-15H2,1-3H3,(H,34,39)(H,35,41)(H,36,40)(H,37,38). The first-order chi connectivity index (χ1) is 20.5. The summed E-state index contributed by atoms with van der Waals surface area (Å²) in [7, 11) is 0. The molecule has 1 aromatic heterocycles. The highest BCUT2D eigenvalue weighted by Crippen LogP contribution is 2.35. The predicted molar refractivity (Wildman–Crippen MR) is 158 cm³/mol. The molecule has 0 bridgehead atoms. The fourth-order valence-electron chi connectivity index (χ4n) is 4.55. The number of carbonyl (C=O) groups excluding carboxylic acids is 3. The quantitative estimate of drug-likeness (QED) is 0.198. The van der Waals surface area contributed by atoms with E-state index in [0.29, 0.717) is 35.7 Å². The first-order valence-corrected chi connectivity index (χ1v) is 14.0. The van der Waals surface area contributed by atoms with Gasteiger partial charge in [-0.25, -0.2) is 18.6 Å². The number of imidazole rings is 1. The molecule has 1 saturated heterocycles. The summed E-state index contributed by atoms with van der Waals surface area (Å²) < 4.78 is 39.6. The minimum atomic E-state index is -0.983. The third-order valence-corrected chi connectivity index (χ3v) is 6.91.